The van der Waals surface area contributed by atoms with Crippen LogP contribution in [0.2, 0.25) is 0 Å². The molecule has 2 amide bonds. The minimum atomic E-state index is -0.215. The maximum Gasteiger partial charge on any atom is 0.244 e. The number of carbonyl (C=O) groups excluding carboxylic acids is 2. The molecule has 1 aliphatic rings. The summed E-state index contributed by atoms with van der Waals surface area (Å²) in [7, 11) is 3.52. The monoisotopic (exact) mass is 412 g/mol. The zero-order chi connectivity index (χ0) is 19.6. The summed E-state index contributed by atoms with van der Waals surface area (Å²) < 4.78 is 5.26. The van der Waals surface area contributed by atoms with Crippen LogP contribution in [0.5, 0.6) is 5.75 Å². The third-order valence-electron chi connectivity index (χ3n) is 4.83. The first-order chi connectivity index (χ1) is 13.1. The van der Waals surface area contributed by atoms with Crippen molar-refractivity contribution in [1.82, 2.24) is 15.1 Å². The van der Waals surface area contributed by atoms with Gasteiger partial charge in [0.05, 0.1) is 25.9 Å². The van der Waals surface area contributed by atoms with Crippen LogP contribution in [0.4, 0.5) is 5.69 Å². The lowest BCUT2D eigenvalue weighted by Gasteiger charge is -2.33. The number of para-hydroxylation sites is 2. The van der Waals surface area contributed by atoms with Gasteiger partial charge in [-0.3, -0.25) is 14.5 Å². The highest BCUT2D eigenvalue weighted by atomic mass is 35.5. The molecule has 1 atom stereocenters. The number of rotatable bonds is 9. The molecule has 1 saturated heterocycles. The number of nitrogens with zero attached hydrogens (tertiary/aromatic N) is 2. The molecular weight excluding hydrogens is 380 g/mol. The Labute approximate surface area is 174 Å². The van der Waals surface area contributed by atoms with Gasteiger partial charge < -0.3 is 20.3 Å². The van der Waals surface area contributed by atoms with Gasteiger partial charge in [-0.2, -0.15) is 0 Å². The Kier molecular flexibility index (Phi) is 10.9. The maximum atomic E-state index is 12.8. The molecule has 2 rings (SSSR count). The Morgan fingerprint density at radius 3 is 2.75 bits per heavy atom. The SMILES string of the molecule is CCCN(CC(=O)Nc1ccccc1OC)C(=O)CN1CCCC(NC)C1.Cl. The van der Waals surface area contributed by atoms with Crippen molar-refractivity contribution in [2.45, 2.75) is 32.2 Å². The van der Waals surface area contributed by atoms with Crippen LogP contribution in [0.1, 0.15) is 26.2 Å². The molecule has 28 heavy (non-hydrogen) atoms. The van der Waals surface area contributed by atoms with E-state index in [1.54, 1.807) is 24.1 Å². The average molecular weight is 413 g/mol. The van der Waals surface area contributed by atoms with Crippen LogP contribution >= 0.6 is 12.4 Å². The fraction of sp³-hybridized carbons (Fsp3) is 0.600. The van der Waals surface area contributed by atoms with E-state index in [1.165, 1.54) is 0 Å². The summed E-state index contributed by atoms with van der Waals surface area (Å²) in [5, 5.41) is 6.13. The average Bonchev–Trinajstić information content (AvgIpc) is 2.68. The van der Waals surface area contributed by atoms with E-state index in [9.17, 15) is 9.59 Å². The molecule has 1 heterocycles. The van der Waals surface area contributed by atoms with E-state index in [1.807, 2.05) is 26.1 Å². The topological polar surface area (TPSA) is 73.9 Å². The summed E-state index contributed by atoms with van der Waals surface area (Å²) in [6.45, 7) is 4.79. The second-order valence-electron chi connectivity index (χ2n) is 6.93. The van der Waals surface area contributed by atoms with Crippen molar-refractivity contribution in [2.24, 2.45) is 0 Å². The fourth-order valence-electron chi connectivity index (χ4n) is 3.40. The molecule has 7 nitrogen and oxygen atoms in total. The van der Waals surface area contributed by atoms with E-state index in [-0.39, 0.29) is 30.8 Å². The molecule has 1 aromatic carbocycles. The van der Waals surface area contributed by atoms with E-state index in [0.717, 1.165) is 32.4 Å². The van der Waals surface area contributed by atoms with Crippen LogP contribution in [-0.2, 0) is 9.59 Å². The van der Waals surface area contributed by atoms with Crippen LogP contribution in [-0.4, -0.2) is 74.5 Å². The minimum Gasteiger partial charge on any atom is -0.495 e. The molecule has 0 spiro atoms. The van der Waals surface area contributed by atoms with Crippen molar-refractivity contribution < 1.29 is 14.3 Å². The van der Waals surface area contributed by atoms with Crippen LogP contribution in [0, 0.1) is 0 Å². The molecule has 0 aromatic heterocycles. The summed E-state index contributed by atoms with van der Waals surface area (Å²) in [6, 6.07) is 7.69. The van der Waals surface area contributed by atoms with Gasteiger partial charge in [0.2, 0.25) is 11.8 Å². The molecule has 2 N–H and O–H groups in total. The summed E-state index contributed by atoms with van der Waals surface area (Å²) in [5.41, 5.74) is 0.613. The van der Waals surface area contributed by atoms with E-state index in [0.29, 0.717) is 30.6 Å². The van der Waals surface area contributed by atoms with Gasteiger partial charge in [0.25, 0.3) is 0 Å². The number of piperidine rings is 1. The lowest BCUT2D eigenvalue weighted by atomic mass is 10.1. The largest absolute Gasteiger partial charge is 0.495 e. The van der Waals surface area contributed by atoms with Crippen molar-refractivity contribution in [3.8, 4) is 5.75 Å². The van der Waals surface area contributed by atoms with Gasteiger partial charge in [0.15, 0.2) is 0 Å². The van der Waals surface area contributed by atoms with Gasteiger partial charge in [-0.1, -0.05) is 19.1 Å². The van der Waals surface area contributed by atoms with Gasteiger partial charge >= 0.3 is 0 Å². The number of benzene rings is 1. The van der Waals surface area contributed by atoms with Gasteiger partial charge in [0.1, 0.15) is 5.75 Å². The van der Waals surface area contributed by atoms with Crippen LogP contribution in [0.3, 0.4) is 0 Å². The Morgan fingerprint density at radius 2 is 2.07 bits per heavy atom. The maximum absolute atomic E-state index is 12.8. The highest BCUT2D eigenvalue weighted by Crippen LogP contribution is 2.22. The Bertz CT molecular complexity index is 629. The lowest BCUT2D eigenvalue weighted by Crippen LogP contribution is -2.49. The number of nitrogens with one attached hydrogen (secondary N) is 2. The number of hydrogen-bond donors (Lipinski definition) is 2. The van der Waals surface area contributed by atoms with Crippen molar-refractivity contribution in [2.75, 3.05) is 52.2 Å². The molecule has 1 aliphatic heterocycles. The molecule has 158 valence electrons. The van der Waals surface area contributed by atoms with Gasteiger partial charge in [-0.05, 0) is 45.0 Å². The molecule has 0 bridgehead atoms. The van der Waals surface area contributed by atoms with Gasteiger partial charge in [-0.25, -0.2) is 0 Å². The number of likely N-dealkylation sites (N-methyl/N-ethyl adjacent to an activating group) is 1. The lowest BCUT2D eigenvalue weighted by molar-refractivity contribution is -0.136. The molecule has 0 saturated carbocycles. The summed E-state index contributed by atoms with van der Waals surface area (Å²) in [4.78, 5) is 29.1. The number of carbonyl (C=O) groups is 2. The Morgan fingerprint density at radius 1 is 1.32 bits per heavy atom. The number of anilines is 1. The van der Waals surface area contributed by atoms with Crippen LogP contribution in [0.15, 0.2) is 24.3 Å². The normalized spacial score (nSPS) is 16.8. The highest BCUT2D eigenvalue weighted by Gasteiger charge is 2.24. The van der Waals surface area contributed by atoms with E-state index >= 15 is 0 Å². The number of halogens is 1. The second kappa shape index (κ2) is 12.6. The fourth-order valence-corrected chi connectivity index (χ4v) is 3.40. The standard InChI is InChI=1S/C20H32N4O3.ClH/c1-4-11-24(20(26)15-23-12-7-8-16(13-23)21-2)14-19(25)22-17-9-5-6-10-18(17)27-3;/h5-6,9-10,16,21H,4,7-8,11-15H2,1-3H3,(H,22,25);1H. The molecule has 1 aromatic rings. The summed E-state index contributed by atoms with van der Waals surface area (Å²) in [6.07, 6.45) is 3.04. The number of amides is 2. The van der Waals surface area contributed by atoms with Crippen molar-refractivity contribution in [1.29, 1.82) is 0 Å². The summed E-state index contributed by atoms with van der Waals surface area (Å²) >= 11 is 0. The first-order valence-corrected chi connectivity index (χ1v) is 9.67. The third-order valence-corrected chi connectivity index (χ3v) is 4.83. The van der Waals surface area contributed by atoms with Gasteiger partial charge in [-0.15, -0.1) is 12.4 Å². The zero-order valence-electron chi connectivity index (χ0n) is 17.1. The van der Waals surface area contributed by atoms with Gasteiger partial charge in [0, 0.05) is 19.1 Å². The first kappa shape index (κ1) is 24.2. The van der Waals surface area contributed by atoms with E-state index in [2.05, 4.69) is 15.5 Å². The number of methoxy groups -OCH3 is 1. The van der Waals surface area contributed by atoms with E-state index < -0.39 is 0 Å². The van der Waals surface area contributed by atoms with Crippen molar-refractivity contribution in [3.63, 3.8) is 0 Å². The van der Waals surface area contributed by atoms with Crippen LogP contribution < -0.4 is 15.4 Å². The smallest absolute Gasteiger partial charge is 0.244 e. The molecular formula is C20H33ClN4O3. The zero-order valence-corrected chi connectivity index (χ0v) is 17.9. The highest BCUT2D eigenvalue weighted by molar-refractivity contribution is 5.95. The first-order valence-electron chi connectivity index (χ1n) is 9.67. The quantitative estimate of drug-likeness (QED) is 0.648. The van der Waals surface area contributed by atoms with Crippen molar-refractivity contribution >= 4 is 29.9 Å². The summed E-state index contributed by atoms with van der Waals surface area (Å²) in [5.74, 6) is 0.391. The predicted octanol–water partition coefficient (Wildman–Crippen LogP) is 1.98. The molecule has 1 unspecified atom stereocenters. The molecule has 1 fully saturated rings. The third kappa shape index (κ3) is 7.30. The molecule has 0 aliphatic carbocycles. The number of ether oxygens (including phenoxy) is 1. The Balaban J connectivity index is 0.00000392. The minimum absolute atomic E-state index is 0. The van der Waals surface area contributed by atoms with Crippen molar-refractivity contribution in [3.05, 3.63) is 24.3 Å². The molecule has 8 heteroatoms. The number of hydrogen-bond acceptors (Lipinski definition) is 5. The number of likely N-dealkylation sites (tertiary alicyclic amines) is 1. The van der Waals surface area contributed by atoms with Crippen LogP contribution in [0.25, 0.3) is 0 Å². The van der Waals surface area contributed by atoms with E-state index in [4.69, 9.17) is 4.74 Å². The second-order valence-corrected chi connectivity index (χ2v) is 6.93. The predicted molar refractivity (Wildman–Crippen MR) is 114 cm³/mol. The Hall–Kier alpha value is -1.83. The molecule has 0 radical (unpaired) electrons.